The number of hydrogen-bond acceptors (Lipinski definition) is 6. The van der Waals surface area contributed by atoms with Gasteiger partial charge in [-0.2, -0.15) is 4.31 Å². The normalized spacial score (nSPS) is 11.8. The predicted octanol–water partition coefficient (Wildman–Crippen LogP) is 2.80. The van der Waals surface area contributed by atoms with Crippen molar-refractivity contribution >= 4 is 37.5 Å². The molecule has 0 bridgehead atoms. The van der Waals surface area contributed by atoms with E-state index in [2.05, 4.69) is 4.98 Å². The average molecular weight is 394 g/mol. The summed E-state index contributed by atoms with van der Waals surface area (Å²) >= 11 is 1.41. The molecule has 6 nitrogen and oxygen atoms in total. The van der Waals surface area contributed by atoms with Gasteiger partial charge in [0, 0.05) is 7.05 Å². The first-order chi connectivity index (χ1) is 12.4. The number of hydrogen-bond donors (Lipinski definition) is 0. The fourth-order valence-electron chi connectivity index (χ4n) is 2.22. The Labute approximate surface area is 153 Å². The summed E-state index contributed by atoms with van der Waals surface area (Å²) in [4.78, 5) is 16.2. The number of likely N-dealkylation sites (N-methyl/N-ethyl adjacent to an activating group) is 1. The van der Waals surface area contributed by atoms with Crippen molar-refractivity contribution in [2.75, 3.05) is 13.6 Å². The zero-order chi connectivity index (χ0) is 18.7. The molecule has 0 fully saturated rings. The number of fused-ring (bicyclic) bond motifs is 1. The largest absolute Gasteiger partial charge is 0.457 e. The first-order valence-corrected chi connectivity index (χ1v) is 9.84. The zero-order valence-electron chi connectivity index (χ0n) is 13.8. The van der Waals surface area contributed by atoms with Crippen LogP contribution < -0.4 is 0 Å². The van der Waals surface area contributed by atoms with E-state index < -0.39 is 28.4 Å². The number of carbonyl (C=O) groups is 1. The van der Waals surface area contributed by atoms with Gasteiger partial charge in [0.05, 0.1) is 15.1 Å². The summed E-state index contributed by atoms with van der Waals surface area (Å²) in [5.74, 6) is -1.24. The van der Waals surface area contributed by atoms with Gasteiger partial charge in [0.15, 0.2) is 0 Å². The molecule has 26 heavy (non-hydrogen) atoms. The molecule has 136 valence electrons. The molecule has 9 heteroatoms. The van der Waals surface area contributed by atoms with Crippen molar-refractivity contribution in [1.82, 2.24) is 9.29 Å². The van der Waals surface area contributed by atoms with Crippen molar-refractivity contribution in [3.05, 3.63) is 59.4 Å². The van der Waals surface area contributed by atoms with Gasteiger partial charge in [0.2, 0.25) is 10.0 Å². The maximum atomic E-state index is 12.9. The van der Waals surface area contributed by atoms with Crippen LogP contribution in [0.5, 0.6) is 0 Å². The molecule has 3 aromatic rings. The number of thiazole rings is 1. The molecule has 0 amide bonds. The van der Waals surface area contributed by atoms with Crippen molar-refractivity contribution < 1.29 is 22.3 Å². The van der Waals surface area contributed by atoms with E-state index in [0.717, 1.165) is 38.8 Å². The van der Waals surface area contributed by atoms with Gasteiger partial charge < -0.3 is 4.74 Å². The van der Waals surface area contributed by atoms with Gasteiger partial charge in [-0.25, -0.2) is 17.8 Å². The Morgan fingerprint density at radius 3 is 2.58 bits per heavy atom. The lowest BCUT2D eigenvalue weighted by atomic mass is 10.3. The van der Waals surface area contributed by atoms with E-state index in [4.69, 9.17) is 4.74 Å². The number of para-hydroxylation sites is 1. The molecule has 0 aliphatic carbocycles. The molecule has 0 aliphatic heterocycles. The number of halogens is 1. The molecular formula is C17H15FN2O4S2. The number of esters is 1. The van der Waals surface area contributed by atoms with Crippen LogP contribution in [-0.2, 0) is 26.2 Å². The summed E-state index contributed by atoms with van der Waals surface area (Å²) in [6, 6.07) is 11.9. The first-order valence-electron chi connectivity index (χ1n) is 7.58. The van der Waals surface area contributed by atoms with Crippen molar-refractivity contribution in [3.8, 4) is 0 Å². The number of nitrogens with zero attached hydrogens (tertiary/aromatic N) is 2. The third-order valence-electron chi connectivity index (χ3n) is 3.57. The fraction of sp³-hybridized carbons (Fsp3) is 0.176. The lowest BCUT2D eigenvalue weighted by Crippen LogP contribution is -2.33. The number of carbonyl (C=O) groups excluding carboxylic acids is 1. The number of benzene rings is 2. The lowest BCUT2D eigenvalue weighted by molar-refractivity contribution is -0.144. The standard InChI is InChI=1S/C17H15FN2O4S2/c1-20(26(22,23)13-8-6-12(18)7-9-13)10-17(21)24-11-16-19-14-4-2-3-5-15(14)25-16/h2-9H,10-11H2,1H3. The lowest BCUT2D eigenvalue weighted by Gasteiger charge is -2.16. The minimum absolute atomic E-state index is 0.0252. The van der Waals surface area contributed by atoms with Crippen molar-refractivity contribution in [2.24, 2.45) is 0 Å². The van der Waals surface area contributed by atoms with Gasteiger partial charge in [0.25, 0.3) is 0 Å². The van der Waals surface area contributed by atoms with Gasteiger partial charge in [-0.1, -0.05) is 12.1 Å². The summed E-state index contributed by atoms with van der Waals surface area (Å²) in [5, 5.41) is 0.628. The number of rotatable bonds is 6. The molecule has 0 spiro atoms. The van der Waals surface area contributed by atoms with Crippen LogP contribution in [0.15, 0.2) is 53.4 Å². The second-order valence-corrected chi connectivity index (χ2v) is 8.61. The highest BCUT2D eigenvalue weighted by atomic mass is 32.2. The van der Waals surface area contributed by atoms with E-state index in [-0.39, 0.29) is 11.5 Å². The highest BCUT2D eigenvalue weighted by Crippen LogP contribution is 2.22. The van der Waals surface area contributed by atoms with E-state index in [1.54, 1.807) is 0 Å². The van der Waals surface area contributed by atoms with E-state index in [9.17, 15) is 17.6 Å². The molecule has 0 unspecified atom stereocenters. The predicted molar refractivity (Wildman–Crippen MR) is 95.6 cm³/mol. The van der Waals surface area contributed by atoms with Crippen LogP contribution in [0.25, 0.3) is 10.2 Å². The summed E-state index contributed by atoms with van der Waals surface area (Å²) in [7, 11) is -2.64. The molecule has 0 saturated carbocycles. The number of ether oxygens (including phenoxy) is 1. The Balaban J connectivity index is 1.60. The van der Waals surface area contributed by atoms with E-state index in [1.807, 2.05) is 24.3 Å². The topological polar surface area (TPSA) is 76.6 Å². The molecule has 0 radical (unpaired) electrons. The maximum absolute atomic E-state index is 12.9. The smallest absolute Gasteiger partial charge is 0.321 e. The summed E-state index contributed by atoms with van der Waals surface area (Å²) < 4.78 is 44.6. The fourth-order valence-corrected chi connectivity index (χ4v) is 4.22. The molecule has 0 atom stereocenters. The van der Waals surface area contributed by atoms with E-state index in [0.29, 0.717) is 5.01 Å². The summed E-state index contributed by atoms with van der Waals surface area (Å²) in [6.07, 6.45) is 0. The highest BCUT2D eigenvalue weighted by molar-refractivity contribution is 7.89. The Hall–Kier alpha value is -2.36. The first kappa shape index (κ1) is 18.4. The molecule has 2 aromatic carbocycles. The molecule has 0 N–H and O–H groups in total. The highest BCUT2D eigenvalue weighted by Gasteiger charge is 2.23. The van der Waals surface area contributed by atoms with Gasteiger partial charge in [-0.05, 0) is 36.4 Å². The van der Waals surface area contributed by atoms with Gasteiger partial charge in [0.1, 0.15) is 24.0 Å². The minimum Gasteiger partial charge on any atom is -0.457 e. The molecule has 0 saturated heterocycles. The van der Waals surface area contributed by atoms with Crippen molar-refractivity contribution in [3.63, 3.8) is 0 Å². The van der Waals surface area contributed by atoms with Crippen LogP contribution in [0, 0.1) is 5.82 Å². The number of aromatic nitrogens is 1. The second-order valence-electron chi connectivity index (χ2n) is 5.45. The van der Waals surface area contributed by atoms with Gasteiger partial charge in [-0.3, -0.25) is 4.79 Å². The molecule has 1 heterocycles. The third kappa shape index (κ3) is 4.06. The Bertz CT molecular complexity index is 999. The zero-order valence-corrected chi connectivity index (χ0v) is 15.4. The Morgan fingerprint density at radius 2 is 1.88 bits per heavy atom. The average Bonchev–Trinajstić information content (AvgIpc) is 3.03. The molecule has 3 rings (SSSR count). The SMILES string of the molecule is CN(CC(=O)OCc1nc2ccccc2s1)S(=O)(=O)c1ccc(F)cc1. The summed E-state index contributed by atoms with van der Waals surface area (Å²) in [6.45, 7) is -0.479. The Morgan fingerprint density at radius 1 is 1.19 bits per heavy atom. The molecule has 0 aliphatic rings. The second kappa shape index (κ2) is 7.48. The van der Waals surface area contributed by atoms with Crippen molar-refractivity contribution in [2.45, 2.75) is 11.5 Å². The molecular weight excluding hydrogens is 379 g/mol. The monoisotopic (exact) mass is 394 g/mol. The summed E-state index contributed by atoms with van der Waals surface area (Å²) in [5.41, 5.74) is 0.819. The van der Waals surface area contributed by atoms with E-state index >= 15 is 0 Å². The van der Waals surface area contributed by atoms with E-state index in [1.165, 1.54) is 18.4 Å². The number of sulfonamides is 1. The van der Waals surface area contributed by atoms with Crippen LogP contribution in [0.4, 0.5) is 4.39 Å². The van der Waals surface area contributed by atoms with Crippen LogP contribution >= 0.6 is 11.3 Å². The van der Waals surface area contributed by atoms with Crippen molar-refractivity contribution in [1.29, 1.82) is 0 Å². The van der Waals surface area contributed by atoms with Gasteiger partial charge in [-0.15, -0.1) is 11.3 Å². The maximum Gasteiger partial charge on any atom is 0.321 e. The minimum atomic E-state index is -3.90. The van der Waals surface area contributed by atoms with Crippen LogP contribution in [0.1, 0.15) is 5.01 Å². The van der Waals surface area contributed by atoms with Crippen LogP contribution in [0.3, 0.4) is 0 Å². The van der Waals surface area contributed by atoms with Gasteiger partial charge >= 0.3 is 5.97 Å². The van der Waals surface area contributed by atoms with Crippen LogP contribution in [0.2, 0.25) is 0 Å². The Kier molecular flexibility index (Phi) is 5.30. The third-order valence-corrected chi connectivity index (χ3v) is 6.40. The quantitative estimate of drug-likeness (QED) is 0.601. The van der Waals surface area contributed by atoms with Crippen LogP contribution in [-0.4, -0.2) is 37.3 Å². The molecule has 1 aromatic heterocycles.